The number of benzene rings is 2. The number of halogens is 1. The first-order chi connectivity index (χ1) is 9.74. The Morgan fingerprint density at radius 3 is 2.15 bits per heavy atom. The van der Waals surface area contributed by atoms with Crippen LogP contribution in [0.1, 0.15) is 0 Å². The van der Waals surface area contributed by atoms with Gasteiger partial charge in [-0.25, -0.2) is 0 Å². The van der Waals surface area contributed by atoms with Gasteiger partial charge >= 0.3 is 0 Å². The van der Waals surface area contributed by atoms with Crippen molar-refractivity contribution < 1.29 is 0 Å². The van der Waals surface area contributed by atoms with Crippen LogP contribution in [0.3, 0.4) is 0 Å². The maximum atomic E-state index is 12.0. The van der Waals surface area contributed by atoms with Gasteiger partial charge in [0, 0.05) is 23.0 Å². The molecule has 0 radical (unpaired) electrons. The summed E-state index contributed by atoms with van der Waals surface area (Å²) in [6.45, 7) is 0. The summed E-state index contributed by atoms with van der Waals surface area (Å²) in [5.41, 5.74) is 2.82. The smallest absolute Gasteiger partial charge is 0.255 e. The second-order valence-corrected chi connectivity index (χ2v) is 4.90. The molecule has 0 unspecified atom stereocenters. The van der Waals surface area contributed by atoms with E-state index in [0.717, 1.165) is 16.8 Å². The molecule has 0 atom stereocenters. The predicted molar refractivity (Wildman–Crippen MR) is 82.5 cm³/mol. The van der Waals surface area contributed by atoms with Crippen molar-refractivity contribution >= 4 is 11.6 Å². The van der Waals surface area contributed by atoms with Gasteiger partial charge in [-0.05, 0) is 41.5 Å². The molecule has 0 saturated carbocycles. The molecule has 2 aromatic carbocycles. The molecule has 0 aliphatic rings. The van der Waals surface area contributed by atoms with E-state index in [0.29, 0.717) is 5.02 Å². The van der Waals surface area contributed by atoms with Crippen LogP contribution < -0.4 is 5.56 Å². The molecule has 0 N–H and O–H groups in total. The summed E-state index contributed by atoms with van der Waals surface area (Å²) in [5.74, 6) is 0. The van der Waals surface area contributed by atoms with Crippen molar-refractivity contribution in [2.24, 2.45) is 0 Å². The zero-order valence-corrected chi connectivity index (χ0v) is 11.4. The van der Waals surface area contributed by atoms with E-state index in [4.69, 9.17) is 11.6 Å². The normalized spacial score (nSPS) is 10.4. The fourth-order valence-corrected chi connectivity index (χ4v) is 2.22. The van der Waals surface area contributed by atoms with Gasteiger partial charge in [0.05, 0.1) is 0 Å². The monoisotopic (exact) mass is 281 g/mol. The Morgan fingerprint density at radius 1 is 0.750 bits per heavy atom. The lowest BCUT2D eigenvalue weighted by atomic mass is 10.1. The summed E-state index contributed by atoms with van der Waals surface area (Å²) < 4.78 is 1.62. The maximum Gasteiger partial charge on any atom is 0.255 e. The third-order valence-corrected chi connectivity index (χ3v) is 3.37. The van der Waals surface area contributed by atoms with Crippen molar-refractivity contribution in [2.45, 2.75) is 0 Å². The fraction of sp³-hybridized carbons (Fsp3) is 0. The highest BCUT2D eigenvalue weighted by molar-refractivity contribution is 6.30. The minimum atomic E-state index is -0.0630. The van der Waals surface area contributed by atoms with Crippen LogP contribution in [-0.2, 0) is 0 Å². The van der Waals surface area contributed by atoms with Crippen molar-refractivity contribution in [1.82, 2.24) is 4.57 Å². The van der Waals surface area contributed by atoms with Crippen molar-refractivity contribution in [2.75, 3.05) is 0 Å². The lowest BCUT2D eigenvalue weighted by molar-refractivity contribution is 0.993. The van der Waals surface area contributed by atoms with Crippen molar-refractivity contribution in [3.63, 3.8) is 0 Å². The molecule has 0 spiro atoms. The highest BCUT2D eigenvalue weighted by Gasteiger charge is 2.03. The Labute approximate surface area is 121 Å². The Morgan fingerprint density at radius 2 is 1.45 bits per heavy atom. The zero-order chi connectivity index (χ0) is 13.9. The van der Waals surface area contributed by atoms with E-state index in [-0.39, 0.29) is 5.56 Å². The van der Waals surface area contributed by atoms with Gasteiger partial charge in [0.15, 0.2) is 0 Å². The first-order valence-electron chi connectivity index (χ1n) is 6.28. The molecule has 0 aliphatic carbocycles. The van der Waals surface area contributed by atoms with Crippen molar-refractivity contribution in [3.05, 3.63) is 88.3 Å². The summed E-state index contributed by atoms with van der Waals surface area (Å²) in [4.78, 5) is 12.0. The van der Waals surface area contributed by atoms with Gasteiger partial charge in [0.2, 0.25) is 0 Å². The number of nitrogens with zero attached hydrogens (tertiary/aromatic N) is 1. The summed E-state index contributed by atoms with van der Waals surface area (Å²) in [6, 6.07) is 20.6. The van der Waals surface area contributed by atoms with Crippen LogP contribution >= 0.6 is 11.6 Å². The van der Waals surface area contributed by atoms with Crippen LogP contribution in [0.25, 0.3) is 16.8 Å². The summed E-state index contributed by atoms with van der Waals surface area (Å²) >= 11 is 5.88. The summed E-state index contributed by atoms with van der Waals surface area (Å²) in [6.07, 6.45) is 1.85. The van der Waals surface area contributed by atoms with E-state index in [2.05, 4.69) is 0 Å². The Balaban J connectivity index is 2.12. The first kappa shape index (κ1) is 12.7. The molecule has 98 valence electrons. The van der Waals surface area contributed by atoms with Crippen molar-refractivity contribution in [1.29, 1.82) is 0 Å². The molecule has 3 aromatic rings. The number of aromatic nitrogens is 1. The molecule has 1 aromatic heterocycles. The molecule has 2 nitrogen and oxygen atoms in total. The third-order valence-electron chi connectivity index (χ3n) is 3.12. The van der Waals surface area contributed by atoms with Crippen LogP contribution in [0.4, 0.5) is 0 Å². The molecule has 0 amide bonds. The second-order valence-electron chi connectivity index (χ2n) is 4.47. The minimum absolute atomic E-state index is 0.0630. The number of hydrogen-bond donors (Lipinski definition) is 0. The van der Waals surface area contributed by atoms with Gasteiger partial charge in [0.25, 0.3) is 5.56 Å². The van der Waals surface area contributed by atoms with Crippen LogP contribution in [0.15, 0.2) is 77.7 Å². The molecular weight excluding hydrogens is 270 g/mol. The van der Waals surface area contributed by atoms with Crippen LogP contribution in [0.2, 0.25) is 5.02 Å². The van der Waals surface area contributed by atoms with E-state index in [1.54, 1.807) is 22.8 Å². The average molecular weight is 282 g/mol. The predicted octanol–water partition coefficient (Wildman–Crippen LogP) is 4.16. The van der Waals surface area contributed by atoms with E-state index in [9.17, 15) is 4.79 Å². The largest absolute Gasteiger partial charge is 0.284 e. The zero-order valence-electron chi connectivity index (χ0n) is 10.7. The fourth-order valence-electron chi connectivity index (χ4n) is 2.09. The minimum Gasteiger partial charge on any atom is -0.284 e. The van der Waals surface area contributed by atoms with E-state index in [1.807, 2.05) is 54.7 Å². The number of rotatable bonds is 2. The average Bonchev–Trinajstić information content (AvgIpc) is 2.50. The SMILES string of the molecule is O=c1ccc(-c2ccccc2)cn1-c1ccc(Cl)cc1. The molecule has 3 heteroatoms. The Bertz CT molecular complexity index is 776. The van der Waals surface area contributed by atoms with Crippen molar-refractivity contribution in [3.8, 4) is 16.8 Å². The molecule has 1 heterocycles. The number of pyridine rings is 1. The van der Waals surface area contributed by atoms with Gasteiger partial charge < -0.3 is 0 Å². The molecule has 0 fully saturated rings. The first-order valence-corrected chi connectivity index (χ1v) is 6.66. The maximum absolute atomic E-state index is 12.0. The van der Waals surface area contributed by atoms with E-state index < -0.39 is 0 Å². The standard InChI is InChI=1S/C17H12ClNO/c18-15-7-9-16(10-8-15)19-12-14(6-11-17(19)20)13-4-2-1-3-5-13/h1-12H. The molecular formula is C17H12ClNO. The van der Waals surface area contributed by atoms with E-state index >= 15 is 0 Å². The highest BCUT2D eigenvalue weighted by Crippen LogP contribution is 2.19. The van der Waals surface area contributed by atoms with Crippen LogP contribution in [0, 0.1) is 0 Å². The van der Waals surface area contributed by atoms with Crippen LogP contribution in [0.5, 0.6) is 0 Å². The lowest BCUT2D eigenvalue weighted by Crippen LogP contribution is -2.16. The number of hydrogen-bond acceptors (Lipinski definition) is 1. The Hall–Kier alpha value is -2.32. The van der Waals surface area contributed by atoms with Gasteiger partial charge in [-0.2, -0.15) is 0 Å². The second kappa shape index (κ2) is 5.35. The molecule has 0 saturated heterocycles. The Kier molecular flexibility index (Phi) is 3.40. The van der Waals surface area contributed by atoms with Gasteiger partial charge in [-0.1, -0.05) is 41.9 Å². The molecule has 0 bridgehead atoms. The lowest BCUT2D eigenvalue weighted by Gasteiger charge is -2.08. The quantitative estimate of drug-likeness (QED) is 0.691. The molecule has 3 rings (SSSR count). The summed E-state index contributed by atoms with van der Waals surface area (Å²) in [5, 5.41) is 0.654. The van der Waals surface area contributed by atoms with E-state index in [1.165, 1.54) is 0 Å². The summed E-state index contributed by atoms with van der Waals surface area (Å²) in [7, 11) is 0. The van der Waals surface area contributed by atoms with Gasteiger partial charge in [-0.15, -0.1) is 0 Å². The third kappa shape index (κ3) is 2.51. The van der Waals surface area contributed by atoms with Crippen LogP contribution in [-0.4, -0.2) is 4.57 Å². The molecule has 20 heavy (non-hydrogen) atoms. The van der Waals surface area contributed by atoms with Gasteiger partial charge in [-0.3, -0.25) is 9.36 Å². The van der Waals surface area contributed by atoms with Gasteiger partial charge in [0.1, 0.15) is 0 Å². The molecule has 0 aliphatic heterocycles. The highest BCUT2D eigenvalue weighted by atomic mass is 35.5. The topological polar surface area (TPSA) is 22.0 Å².